The maximum Gasteiger partial charge on any atom is 0.212 e. The van der Waals surface area contributed by atoms with E-state index in [0.29, 0.717) is 0 Å². The van der Waals surface area contributed by atoms with E-state index in [0.717, 1.165) is 6.42 Å². The van der Waals surface area contributed by atoms with Crippen LogP contribution in [0.3, 0.4) is 0 Å². The highest BCUT2D eigenvalue weighted by atomic mass is 14.9. The summed E-state index contributed by atoms with van der Waals surface area (Å²) in [5.41, 5.74) is 7.76. The molecular formula is C21H22N+. The summed E-state index contributed by atoms with van der Waals surface area (Å²) < 4.78 is 2.22. The monoisotopic (exact) mass is 288 g/mol. The Kier molecular flexibility index (Phi) is 4.06. The lowest BCUT2D eigenvalue weighted by Crippen LogP contribution is -2.30. The summed E-state index contributed by atoms with van der Waals surface area (Å²) in [6, 6.07) is 21.8. The van der Waals surface area contributed by atoms with Gasteiger partial charge in [-0.15, -0.1) is 0 Å². The largest absolute Gasteiger partial charge is 0.212 e. The molecule has 110 valence electrons. The zero-order valence-electron chi connectivity index (χ0n) is 13.5. The van der Waals surface area contributed by atoms with E-state index in [1.165, 1.54) is 33.5 Å². The van der Waals surface area contributed by atoms with Gasteiger partial charge < -0.3 is 0 Å². The van der Waals surface area contributed by atoms with Gasteiger partial charge in [0.15, 0.2) is 6.20 Å². The first-order valence-electron chi connectivity index (χ1n) is 7.84. The van der Waals surface area contributed by atoms with Crippen molar-refractivity contribution >= 4 is 0 Å². The minimum absolute atomic E-state index is 1.07. The van der Waals surface area contributed by atoms with Crippen LogP contribution in [0.2, 0.25) is 0 Å². The molecule has 1 aromatic heterocycles. The Balaban J connectivity index is 2.04. The molecule has 0 unspecified atom stereocenters. The topological polar surface area (TPSA) is 3.88 Å². The van der Waals surface area contributed by atoms with Crippen LogP contribution in [0.5, 0.6) is 0 Å². The third-order valence-corrected chi connectivity index (χ3v) is 4.22. The number of hydrogen-bond donors (Lipinski definition) is 0. The van der Waals surface area contributed by atoms with Crippen LogP contribution in [0, 0.1) is 6.92 Å². The van der Waals surface area contributed by atoms with Gasteiger partial charge in [-0.05, 0) is 42.2 Å². The van der Waals surface area contributed by atoms with Gasteiger partial charge in [0.2, 0.25) is 5.69 Å². The Morgan fingerprint density at radius 1 is 0.864 bits per heavy atom. The Labute approximate surface area is 132 Å². The van der Waals surface area contributed by atoms with Crippen LogP contribution in [0.25, 0.3) is 22.4 Å². The lowest BCUT2D eigenvalue weighted by atomic mass is 10.0. The predicted molar refractivity (Wildman–Crippen MR) is 92.6 cm³/mol. The van der Waals surface area contributed by atoms with E-state index in [4.69, 9.17) is 0 Å². The van der Waals surface area contributed by atoms with Crippen molar-refractivity contribution in [2.75, 3.05) is 0 Å². The Hall–Kier alpha value is -2.41. The maximum atomic E-state index is 2.28. The van der Waals surface area contributed by atoms with E-state index in [9.17, 15) is 0 Å². The molecule has 22 heavy (non-hydrogen) atoms. The molecule has 0 radical (unpaired) electrons. The van der Waals surface area contributed by atoms with Crippen molar-refractivity contribution in [2.45, 2.75) is 20.3 Å². The summed E-state index contributed by atoms with van der Waals surface area (Å²) in [7, 11) is 2.12. The number of hydrogen-bond acceptors (Lipinski definition) is 0. The zero-order chi connectivity index (χ0) is 15.5. The van der Waals surface area contributed by atoms with Crippen molar-refractivity contribution in [1.29, 1.82) is 0 Å². The van der Waals surface area contributed by atoms with Crippen LogP contribution in [0.4, 0.5) is 0 Å². The predicted octanol–water partition coefficient (Wildman–Crippen LogP) is 4.72. The van der Waals surface area contributed by atoms with Crippen LogP contribution in [-0.4, -0.2) is 0 Å². The zero-order valence-corrected chi connectivity index (χ0v) is 13.5. The third kappa shape index (κ3) is 2.80. The van der Waals surface area contributed by atoms with Crippen LogP contribution in [0.15, 0.2) is 66.9 Å². The minimum Gasteiger partial charge on any atom is -0.200 e. The molecule has 0 saturated heterocycles. The Morgan fingerprint density at radius 2 is 1.68 bits per heavy atom. The van der Waals surface area contributed by atoms with Gasteiger partial charge in [-0.25, -0.2) is 4.57 Å². The van der Waals surface area contributed by atoms with Crippen LogP contribution < -0.4 is 4.57 Å². The quantitative estimate of drug-likeness (QED) is 0.614. The molecule has 0 N–H and O–H groups in total. The first-order chi connectivity index (χ1) is 10.7. The molecule has 0 spiro atoms. The fourth-order valence-corrected chi connectivity index (χ4v) is 2.89. The number of aromatic nitrogens is 1. The summed E-state index contributed by atoms with van der Waals surface area (Å²) in [4.78, 5) is 0. The highest BCUT2D eigenvalue weighted by Gasteiger charge is 2.13. The van der Waals surface area contributed by atoms with Gasteiger partial charge in [-0.1, -0.05) is 49.4 Å². The Bertz CT molecular complexity index is 803. The molecule has 1 heteroatoms. The van der Waals surface area contributed by atoms with E-state index in [1.54, 1.807) is 0 Å². The molecule has 0 aliphatic rings. The number of rotatable bonds is 3. The molecule has 0 fully saturated rings. The molecule has 3 rings (SSSR count). The summed E-state index contributed by atoms with van der Waals surface area (Å²) in [6.07, 6.45) is 3.29. The van der Waals surface area contributed by atoms with E-state index in [-0.39, 0.29) is 0 Å². The van der Waals surface area contributed by atoms with Gasteiger partial charge in [0.05, 0.1) is 0 Å². The van der Waals surface area contributed by atoms with Gasteiger partial charge >= 0.3 is 0 Å². The second kappa shape index (κ2) is 6.15. The smallest absolute Gasteiger partial charge is 0.200 e. The van der Waals surface area contributed by atoms with Crippen molar-refractivity contribution in [3.8, 4) is 22.4 Å². The van der Waals surface area contributed by atoms with Crippen LogP contribution in [0.1, 0.15) is 18.1 Å². The molecule has 0 atom stereocenters. The van der Waals surface area contributed by atoms with Gasteiger partial charge in [0.1, 0.15) is 7.05 Å². The molecule has 0 saturated carbocycles. The van der Waals surface area contributed by atoms with E-state index < -0.39 is 0 Å². The number of benzene rings is 2. The molecular weight excluding hydrogens is 266 g/mol. The summed E-state index contributed by atoms with van der Waals surface area (Å²) in [6.45, 7) is 4.36. The standard InChI is InChI=1S/C21H22N/c1-4-17-9-7-10-18(14-17)19-12-13-21(22(3)15-19)20-11-6-5-8-16(20)2/h5-15H,4H2,1-3H3/q+1. The van der Waals surface area contributed by atoms with Crippen molar-refractivity contribution in [1.82, 2.24) is 0 Å². The van der Waals surface area contributed by atoms with Crippen LogP contribution in [-0.2, 0) is 13.5 Å². The normalized spacial score (nSPS) is 10.7. The van der Waals surface area contributed by atoms with Gasteiger partial charge in [0, 0.05) is 17.2 Å². The lowest BCUT2D eigenvalue weighted by molar-refractivity contribution is -0.659. The summed E-state index contributed by atoms with van der Waals surface area (Å²) in [5.74, 6) is 0. The number of aryl methyl sites for hydroxylation is 3. The fraction of sp³-hybridized carbons (Fsp3) is 0.190. The maximum absolute atomic E-state index is 2.28. The molecule has 0 aliphatic heterocycles. The van der Waals surface area contributed by atoms with Crippen molar-refractivity contribution in [2.24, 2.45) is 7.05 Å². The minimum atomic E-state index is 1.07. The van der Waals surface area contributed by atoms with Crippen LogP contribution >= 0.6 is 0 Å². The SMILES string of the molecule is CCc1cccc(-c2ccc(-c3ccccc3C)[n+](C)c2)c1. The average molecular weight is 288 g/mol. The lowest BCUT2D eigenvalue weighted by Gasteiger charge is -2.07. The molecule has 2 aromatic carbocycles. The summed E-state index contributed by atoms with van der Waals surface area (Å²) in [5, 5.41) is 0. The van der Waals surface area contributed by atoms with E-state index in [1.807, 2.05) is 0 Å². The first-order valence-corrected chi connectivity index (χ1v) is 7.84. The first kappa shape index (κ1) is 14.5. The molecule has 1 heterocycles. The van der Waals surface area contributed by atoms with E-state index in [2.05, 4.69) is 92.3 Å². The number of nitrogens with zero attached hydrogens (tertiary/aromatic N) is 1. The average Bonchev–Trinajstić information content (AvgIpc) is 2.56. The second-order valence-corrected chi connectivity index (χ2v) is 5.78. The molecule has 0 bridgehead atoms. The van der Waals surface area contributed by atoms with Crippen molar-refractivity contribution < 1.29 is 4.57 Å². The second-order valence-electron chi connectivity index (χ2n) is 5.78. The third-order valence-electron chi connectivity index (χ3n) is 4.22. The molecule has 0 amide bonds. The van der Waals surface area contributed by atoms with E-state index >= 15 is 0 Å². The number of pyridine rings is 1. The Morgan fingerprint density at radius 3 is 2.41 bits per heavy atom. The molecule has 0 aliphatic carbocycles. The van der Waals surface area contributed by atoms with Gasteiger partial charge in [-0.2, -0.15) is 0 Å². The fourth-order valence-electron chi connectivity index (χ4n) is 2.89. The van der Waals surface area contributed by atoms with Crippen molar-refractivity contribution in [3.63, 3.8) is 0 Å². The van der Waals surface area contributed by atoms with Gasteiger partial charge in [0.25, 0.3) is 0 Å². The highest BCUT2D eigenvalue weighted by Crippen LogP contribution is 2.24. The molecule has 1 nitrogen and oxygen atoms in total. The summed E-state index contributed by atoms with van der Waals surface area (Å²) >= 11 is 0. The van der Waals surface area contributed by atoms with Crippen molar-refractivity contribution in [3.05, 3.63) is 78.0 Å². The van der Waals surface area contributed by atoms with Gasteiger partial charge in [-0.3, -0.25) is 0 Å². The highest BCUT2D eigenvalue weighted by molar-refractivity contribution is 5.66. The molecule has 3 aromatic rings.